The van der Waals surface area contributed by atoms with Crippen LogP contribution in [-0.2, 0) is 0 Å². The number of nitrogens with zero attached hydrogens (tertiary/aromatic N) is 2. The van der Waals surface area contributed by atoms with Gasteiger partial charge in [0.15, 0.2) is 0 Å². The molecule has 0 aliphatic heterocycles. The lowest BCUT2D eigenvalue weighted by molar-refractivity contribution is 1.19. The summed E-state index contributed by atoms with van der Waals surface area (Å²) in [7, 11) is 0. The fraction of sp³-hybridized carbons (Fsp3) is 0. The standard InChI is InChI=1S/C46H30N2S/c1-4-15-31(16-5-1)32-27-28-39-41(29-32)48(35-20-8-3-9-21-35)45-36-22-11-10-17-33(36)30-42(44(39)45)47(34-18-6-2-7-19-34)40-25-14-24-38-37-23-12-13-26-43(37)49-46(38)40/h1-30H. The van der Waals surface area contributed by atoms with Gasteiger partial charge in [-0.1, -0.05) is 133 Å². The molecule has 0 bridgehead atoms. The fourth-order valence-corrected chi connectivity index (χ4v) is 8.79. The van der Waals surface area contributed by atoms with Crippen molar-refractivity contribution < 1.29 is 0 Å². The van der Waals surface area contributed by atoms with Gasteiger partial charge in [0.05, 0.1) is 27.1 Å². The summed E-state index contributed by atoms with van der Waals surface area (Å²) in [6, 6.07) is 66.1. The molecular weight excluding hydrogens is 613 g/mol. The Morgan fingerprint density at radius 2 is 1.12 bits per heavy atom. The van der Waals surface area contributed by atoms with Crippen LogP contribution in [0.2, 0.25) is 0 Å². The zero-order valence-corrected chi connectivity index (χ0v) is 27.4. The SMILES string of the molecule is c1ccc(-c2ccc3c4c(N(c5ccccc5)c5cccc6c5sc5ccccc56)cc5ccccc5c4n(-c4ccccc4)c3c2)cc1. The molecule has 10 aromatic rings. The maximum atomic E-state index is 2.49. The monoisotopic (exact) mass is 642 g/mol. The normalized spacial score (nSPS) is 11.7. The van der Waals surface area contributed by atoms with Crippen molar-refractivity contribution in [1.82, 2.24) is 4.57 Å². The maximum absolute atomic E-state index is 2.49. The van der Waals surface area contributed by atoms with Gasteiger partial charge in [0, 0.05) is 43.0 Å². The largest absolute Gasteiger partial charge is 0.309 e. The molecule has 230 valence electrons. The number of hydrogen-bond acceptors (Lipinski definition) is 2. The van der Waals surface area contributed by atoms with Crippen LogP contribution < -0.4 is 4.90 Å². The summed E-state index contributed by atoms with van der Waals surface area (Å²) >= 11 is 1.87. The Hall–Kier alpha value is -6.16. The summed E-state index contributed by atoms with van der Waals surface area (Å²) in [4.78, 5) is 2.49. The zero-order chi connectivity index (χ0) is 32.3. The number of benzene rings is 8. The Morgan fingerprint density at radius 3 is 1.94 bits per heavy atom. The minimum Gasteiger partial charge on any atom is -0.309 e. The Morgan fingerprint density at radius 1 is 0.449 bits per heavy atom. The highest BCUT2D eigenvalue weighted by Crippen LogP contribution is 2.50. The molecule has 3 heteroatoms. The second-order valence-corrected chi connectivity index (χ2v) is 13.6. The van der Waals surface area contributed by atoms with Gasteiger partial charge in [-0.25, -0.2) is 0 Å². The first-order chi connectivity index (χ1) is 24.3. The molecule has 0 N–H and O–H groups in total. The van der Waals surface area contributed by atoms with Gasteiger partial charge in [-0.2, -0.15) is 0 Å². The quantitative estimate of drug-likeness (QED) is 0.181. The van der Waals surface area contributed by atoms with Crippen LogP contribution in [0.25, 0.3) is 69.6 Å². The van der Waals surface area contributed by atoms with Crippen molar-refractivity contribution in [1.29, 1.82) is 0 Å². The van der Waals surface area contributed by atoms with Crippen molar-refractivity contribution in [2.45, 2.75) is 0 Å². The Balaban J connectivity index is 1.39. The number of hydrogen-bond donors (Lipinski definition) is 0. The van der Waals surface area contributed by atoms with E-state index in [0.29, 0.717) is 0 Å². The van der Waals surface area contributed by atoms with Crippen LogP contribution in [0, 0.1) is 0 Å². The number of fused-ring (bicyclic) bond motifs is 8. The van der Waals surface area contributed by atoms with Gasteiger partial charge in [0.25, 0.3) is 0 Å². The number of para-hydroxylation sites is 2. The molecule has 0 fully saturated rings. The van der Waals surface area contributed by atoms with Crippen LogP contribution in [0.3, 0.4) is 0 Å². The molecule has 0 unspecified atom stereocenters. The molecule has 0 saturated heterocycles. The number of aromatic nitrogens is 1. The van der Waals surface area contributed by atoms with Crippen molar-refractivity contribution in [2.75, 3.05) is 4.90 Å². The van der Waals surface area contributed by atoms with Gasteiger partial charge < -0.3 is 9.47 Å². The molecule has 2 nitrogen and oxygen atoms in total. The van der Waals surface area contributed by atoms with E-state index >= 15 is 0 Å². The summed E-state index contributed by atoms with van der Waals surface area (Å²) in [5.41, 5.74) is 9.44. The zero-order valence-electron chi connectivity index (χ0n) is 26.6. The predicted octanol–water partition coefficient (Wildman–Crippen LogP) is 13.4. The minimum atomic E-state index is 1.13. The Bertz CT molecular complexity index is 2810. The van der Waals surface area contributed by atoms with Crippen molar-refractivity contribution in [3.63, 3.8) is 0 Å². The molecule has 0 radical (unpaired) electrons. The average Bonchev–Trinajstić information content (AvgIpc) is 3.73. The number of rotatable bonds is 5. The van der Waals surface area contributed by atoms with Crippen molar-refractivity contribution in [2.24, 2.45) is 0 Å². The second kappa shape index (κ2) is 11.2. The van der Waals surface area contributed by atoms with Gasteiger partial charge in [0.1, 0.15) is 0 Å². The smallest absolute Gasteiger partial charge is 0.0640 e. The van der Waals surface area contributed by atoms with E-state index in [1.807, 2.05) is 11.3 Å². The number of anilines is 3. The molecule has 0 spiro atoms. The van der Waals surface area contributed by atoms with Crippen LogP contribution in [-0.4, -0.2) is 4.57 Å². The molecule has 0 saturated carbocycles. The first kappa shape index (κ1) is 27.9. The van der Waals surface area contributed by atoms with Crippen LogP contribution in [0.1, 0.15) is 0 Å². The molecule has 2 aromatic heterocycles. The fourth-order valence-electron chi connectivity index (χ4n) is 7.59. The van der Waals surface area contributed by atoms with E-state index in [-0.39, 0.29) is 0 Å². The number of thiophene rings is 1. The van der Waals surface area contributed by atoms with Crippen LogP contribution in [0.5, 0.6) is 0 Å². The topological polar surface area (TPSA) is 8.17 Å². The molecule has 0 atom stereocenters. The maximum Gasteiger partial charge on any atom is 0.0640 e. The van der Waals surface area contributed by atoms with Crippen molar-refractivity contribution in [3.8, 4) is 16.8 Å². The minimum absolute atomic E-state index is 1.13. The predicted molar refractivity (Wildman–Crippen MR) is 211 cm³/mol. The second-order valence-electron chi connectivity index (χ2n) is 12.5. The molecule has 49 heavy (non-hydrogen) atoms. The van der Waals surface area contributed by atoms with Crippen LogP contribution in [0.4, 0.5) is 17.1 Å². The van der Waals surface area contributed by atoms with E-state index in [1.165, 1.54) is 69.6 Å². The molecule has 2 heterocycles. The highest BCUT2D eigenvalue weighted by Gasteiger charge is 2.25. The van der Waals surface area contributed by atoms with Gasteiger partial charge >= 0.3 is 0 Å². The third-order valence-corrected chi connectivity index (χ3v) is 10.9. The Labute approximate surface area is 288 Å². The van der Waals surface area contributed by atoms with E-state index in [1.54, 1.807) is 0 Å². The van der Waals surface area contributed by atoms with Gasteiger partial charge in [-0.15, -0.1) is 11.3 Å². The van der Waals surface area contributed by atoms with E-state index in [9.17, 15) is 0 Å². The summed E-state index contributed by atoms with van der Waals surface area (Å²) in [5.74, 6) is 0. The molecule has 10 rings (SSSR count). The molecule has 0 aliphatic rings. The first-order valence-corrected chi connectivity index (χ1v) is 17.5. The van der Waals surface area contributed by atoms with E-state index in [4.69, 9.17) is 0 Å². The van der Waals surface area contributed by atoms with E-state index in [2.05, 4.69) is 191 Å². The lowest BCUT2D eigenvalue weighted by Gasteiger charge is -2.27. The molecular formula is C46H30N2S. The van der Waals surface area contributed by atoms with Crippen molar-refractivity contribution >= 4 is 81.1 Å². The van der Waals surface area contributed by atoms with Gasteiger partial charge in [-0.05, 0) is 65.0 Å². The van der Waals surface area contributed by atoms with Crippen LogP contribution >= 0.6 is 11.3 Å². The highest BCUT2D eigenvalue weighted by atomic mass is 32.1. The third-order valence-electron chi connectivity index (χ3n) is 9.73. The lowest BCUT2D eigenvalue weighted by Crippen LogP contribution is -2.10. The summed E-state index contributed by atoms with van der Waals surface area (Å²) in [6.07, 6.45) is 0. The van der Waals surface area contributed by atoms with E-state index < -0.39 is 0 Å². The van der Waals surface area contributed by atoms with Gasteiger partial charge in [0.2, 0.25) is 0 Å². The summed E-state index contributed by atoms with van der Waals surface area (Å²) in [6.45, 7) is 0. The molecule has 8 aromatic carbocycles. The summed E-state index contributed by atoms with van der Waals surface area (Å²) in [5, 5.41) is 7.49. The lowest BCUT2D eigenvalue weighted by atomic mass is 10.00. The van der Waals surface area contributed by atoms with Gasteiger partial charge in [-0.3, -0.25) is 0 Å². The Kier molecular flexibility index (Phi) is 6.39. The molecule has 0 amide bonds. The average molecular weight is 643 g/mol. The highest BCUT2D eigenvalue weighted by molar-refractivity contribution is 7.26. The first-order valence-electron chi connectivity index (χ1n) is 16.7. The molecule has 0 aliphatic carbocycles. The van der Waals surface area contributed by atoms with Crippen LogP contribution in [0.15, 0.2) is 182 Å². The third kappa shape index (κ3) is 4.40. The van der Waals surface area contributed by atoms with E-state index in [0.717, 1.165) is 17.1 Å². The van der Waals surface area contributed by atoms with Crippen molar-refractivity contribution in [3.05, 3.63) is 182 Å². The summed E-state index contributed by atoms with van der Waals surface area (Å²) < 4.78 is 5.06.